The van der Waals surface area contributed by atoms with E-state index >= 15 is 0 Å². The number of carbonyl (C=O) groups is 1. The molecule has 2 atom stereocenters. The number of hydrogen-bond acceptors (Lipinski definition) is 5. The monoisotopic (exact) mass is 332 g/mol. The summed E-state index contributed by atoms with van der Waals surface area (Å²) in [6.07, 6.45) is 2.38. The van der Waals surface area contributed by atoms with Gasteiger partial charge in [-0.15, -0.1) is 10.2 Å². The van der Waals surface area contributed by atoms with Crippen molar-refractivity contribution in [3.8, 4) is 0 Å². The lowest BCUT2D eigenvalue weighted by Gasteiger charge is -2.25. The molecule has 1 amide bonds. The zero-order valence-electron chi connectivity index (χ0n) is 14.8. The molecule has 2 aromatic heterocycles. The smallest absolute Gasteiger partial charge is 0.274 e. The van der Waals surface area contributed by atoms with Gasteiger partial charge in [-0.25, -0.2) is 0 Å². The first-order chi connectivity index (χ1) is 11.4. The highest BCUT2D eigenvalue weighted by atomic mass is 16.5. The summed E-state index contributed by atoms with van der Waals surface area (Å²) in [5, 5.41) is 15.3. The maximum absolute atomic E-state index is 12.8. The van der Waals surface area contributed by atoms with E-state index in [0.717, 1.165) is 17.1 Å². The predicted octanol–water partition coefficient (Wildman–Crippen LogP) is 1.88. The first-order valence-corrected chi connectivity index (χ1v) is 8.25. The van der Waals surface area contributed by atoms with Gasteiger partial charge >= 0.3 is 0 Å². The van der Waals surface area contributed by atoms with Crippen LogP contribution in [0, 0.1) is 0 Å². The number of aromatic nitrogens is 5. The van der Waals surface area contributed by atoms with Crippen LogP contribution in [0.5, 0.6) is 0 Å². The van der Waals surface area contributed by atoms with E-state index in [1.54, 1.807) is 18.3 Å². The average molecular weight is 332 g/mol. The number of rotatable bonds is 4. The molecule has 8 heteroatoms. The summed E-state index contributed by atoms with van der Waals surface area (Å²) in [5.41, 5.74) is 2.34. The molecular formula is C16H24N6O2. The Labute approximate surface area is 141 Å². The molecule has 3 heterocycles. The first-order valence-electron chi connectivity index (χ1n) is 8.25. The zero-order chi connectivity index (χ0) is 17.4. The van der Waals surface area contributed by atoms with Gasteiger partial charge in [-0.3, -0.25) is 9.89 Å². The maximum atomic E-state index is 12.8. The normalized spacial score (nSPS) is 20.2. The Morgan fingerprint density at radius 1 is 1.50 bits per heavy atom. The second-order valence-corrected chi connectivity index (χ2v) is 6.67. The topological polar surface area (TPSA) is 88.9 Å². The minimum atomic E-state index is -0.118. The van der Waals surface area contributed by atoms with Crippen molar-refractivity contribution in [2.45, 2.75) is 58.9 Å². The van der Waals surface area contributed by atoms with E-state index in [1.165, 1.54) is 0 Å². The summed E-state index contributed by atoms with van der Waals surface area (Å²) in [5.74, 6) is 0.641. The molecule has 0 unspecified atom stereocenters. The first kappa shape index (κ1) is 16.6. The van der Waals surface area contributed by atoms with Crippen molar-refractivity contribution in [2.24, 2.45) is 0 Å². The van der Waals surface area contributed by atoms with Crippen molar-refractivity contribution < 1.29 is 9.53 Å². The molecule has 0 saturated carbocycles. The van der Waals surface area contributed by atoms with E-state index in [9.17, 15) is 4.79 Å². The van der Waals surface area contributed by atoms with E-state index < -0.39 is 0 Å². The van der Waals surface area contributed by atoms with Crippen LogP contribution in [0.3, 0.4) is 0 Å². The van der Waals surface area contributed by atoms with E-state index in [1.807, 2.05) is 18.4 Å². The number of fused-ring (bicyclic) bond motifs is 1. The van der Waals surface area contributed by atoms with Gasteiger partial charge < -0.3 is 14.2 Å². The van der Waals surface area contributed by atoms with Gasteiger partial charge in [0.05, 0.1) is 24.4 Å². The van der Waals surface area contributed by atoms with Gasteiger partial charge in [-0.05, 0) is 27.7 Å². The van der Waals surface area contributed by atoms with Gasteiger partial charge in [-0.1, -0.05) is 0 Å². The highest BCUT2D eigenvalue weighted by Crippen LogP contribution is 2.30. The lowest BCUT2D eigenvalue weighted by atomic mass is 9.99. The SMILES string of the molecule is CC(C)n1cnnc1CN(C)C(=O)c1n[nH]c2c1C[C@H](C)O[C@@H]2C. The molecule has 8 nitrogen and oxygen atoms in total. The molecule has 0 saturated heterocycles. The van der Waals surface area contributed by atoms with Gasteiger partial charge in [0.15, 0.2) is 11.5 Å². The van der Waals surface area contributed by atoms with Crippen molar-refractivity contribution >= 4 is 5.91 Å². The zero-order valence-corrected chi connectivity index (χ0v) is 14.8. The quantitative estimate of drug-likeness (QED) is 0.923. The molecule has 0 radical (unpaired) electrons. The maximum Gasteiger partial charge on any atom is 0.274 e. The average Bonchev–Trinajstić information content (AvgIpc) is 3.13. The number of nitrogens with one attached hydrogen (secondary N) is 1. The van der Waals surface area contributed by atoms with Crippen LogP contribution < -0.4 is 0 Å². The number of amides is 1. The summed E-state index contributed by atoms with van der Waals surface area (Å²) in [6, 6.07) is 0.246. The fourth-order valence-electron chi connectivity index (χ4n) is 3.13. The Bertz CT molecular complexity index is 735. The third-order valence-electron chi connectivity index (χ3n) is 4.37. The van der Waals surface area contributed by atoms with E-state index in [0.29, 0.717) is 18.7 Å². The number of H-pyrrole nitrogens is 1. The van der Waals surface area contributed by atoms with Crippen LogP contribution in [-0.4, -0.2) is 48.9 Å². The fourth-order valence-corrected chi connectivity index (χ4v) is 3.13. The molecule has 0 aromatic carbocycles. The Kier molecular flexibility index (Phi) is 4.40. The Hall–Kier alpha value is -2.22. The van der Waals surface area contributed by atoms with Crippen LogP contribution in [0.15, 0.2) is 6.33 Å². The summed E-state index contributed by atoms with van der Waals surface area (Å²) in [7, 11) is 1.76. The summed E-state index contributed by atoms with van der Waals surface area (Å²) < 4.78 is 7.74. The van der Waals surface area contributed by atoms with Gasteiger partial charge in [0, 0.05) is 25.1 Å². The number of ether oxygens (including phenoxy) is 1. The van der Waals surface area contributed by atoms with Gasteiger partial charge in [-0.2, -0.15) is 5.10 Å². The van der Waals surface area contributed by atoms with Crippen molar-refractivity contribution in [2.75, 3.05) is 7.05 Å². The minimum absolute atomic E-state index is 0.0750. The Morgan fingerprint density at radius 3 is 2.96 bits per heavy atom. The van der Waals surface area contributed by atoms with Gasteiger partial charge in [0.1, 0.15) is 6.33 Å². The lowest BCUT2D eigenvalue weighted by molar-refractivity contribution is -0.00701. The number of carbonyl (C=O) groups excluding carboxylic acids is 1. The molecule has 3 rings (SSSR count). The van der Waals surface area contributed by atoms with Crippen LogP contribution in [-0.2, 0) is 17.7 Å². The Morgan fingerprint density at radius 2 is 2.25 bits per heavy atom. The van der Waals surface area contributed by atoms with Gasteiger partial charge in [0.25, 0.3) is 5.91 Å². The molecule has 1 N–H and O–H groups in total. The molecule has 0 spiro atoms. The molecule has 0 aliphatic carbocycles. The molecule has 1 aliphatic heterocycles. The summed E-state index contributed by atoms with van der Waals surface area (Å²) >= 11 is 0. The second-order valence-electron chi connectivity index (χ2n) is 6.67. The molecule has 24 heavy (non-hydrogen) atoms. The minimum Gasteiger partial charge on any atom is -0.369 e. The summed E-state index contributed by atoms with van der Waals surface area (Å²) in [4.78, 5) is 14.5. The predicted molar refractivity (Wildman–Crippen MR) is 87.5 cm³/mol. The third-order valence-corrected chi connectivity index (χ3v) is 4.37. The van der Waals surface area contributed by atoms with Crippen molar-refractivity contribution in [3.05, 3.63) is 29.1 Å². The van der Waals surface area contributed by atoms with Crippen LogP contribution >= 0.6 is 0 Å². The van der Waals surface area contributed by atoms with Crippen molar-refractivity contribution in [3.63, 3.8) is 0 Å². The summed E-state index contributed by atoms with van der Waals surface area (Å²) in [6.45, 7) is 8.48. The largest absolute Gasteiger partial charge is 0.369 e. The lowest BCUT2D eigenvalue weighted by Crippen LogP contribution is -2.30. The highest BCUT2D eigenvalue weighted by molar-refractivity contribution is 5.93. The third kappa shape index (κ3) is 2.93. The van der Waals surface area contributed by atoms with E-state index in [-0.39, 0.29) is 24.2 Å². The fraction of sp³-hybridized carbons (Fsp3) is 0.625. The highest BCUT2D eigenvalue weighted by Gasteiger charge is 2.31. The standard InChI is InChI=1S/C16H24N6O2/c1-9(2)22-8-17-18-13(22)7-21(5)16(23)15-12-6-10(3)24-11(4)14(12)19-20-15/h8-11H,6-7H2,1-5H3,(H,19,20)/t10-,11+/m0/s1. The molecular weight excluding hydrogens is 308 g/mol. The van der Waals surface area contributed by atoms with Crippen molar-refractivity contribution in [1.29, 1.82) is 0 Å². The number of hydrogen-bond donors (Lipinski definition) is 1. The molecule has 130 valence electrons. The van der Waals surface area contributed by atoms with E-state index in [4.69, 9.17) is 4.74 Å². The molecule has 1 aliphatic rings. The van der Waals surface area contributed by atoms with Crippen LogP contribution in [0.2, 0.25) is 0 Å². The van der Waals surface area contributed by atoms with Crippen LogP contribution in [0.1, 0.15) is 67.4 Å². The Balaban J connectivity index is 1.81. The molecule has 0 fully saturated rings. The molecule has 0 bridgehead atoms. The van der Waals surface area contributed by atoms with Crippen molar-refractivity contribution in [1.82, 2.24) is 29.9 Å². The number of aromatic amines is 1. The van der Waals surface area contributed by atoms with Crippen LogP contribution in [0.25, 0.3) is 0 Å². The van der Waals surface area contributed by atoms with E-state index in [2.05, 4.69) is 34.2 Å². The van der Waals surface area contributed by atoms with Crippen LogP contribution in [0.4, 0.5) is 0 Å². The molecule has 2 aromatic rings. The number of nitrogens with zero attached hydrogens (tertiary/aromatic N) is 5. The van der Waals surface area contributed by atoms with Gasteiger partial charge in [0.2, 0.25) is 0 Å². The second kappa shape index (κ2) is 6.35.